The molecule has 15 heavy (non-hydrogen) atoms. The van der Waals surface area contributed by atoms with E-state index in [0.717, 1.165) is 4.90 Å². The lowest BCUT2D eigenvalue weighted by atomic mass is 10.1. The zero-order valence-electron chi connectivity index (χ0n) is 8.10. The van der Waals surface area contributed by atoms with Crippen LogP contribution in [-0.4, -0.2) is 22.8 Å². The number of amides is 2. The zero-order chi connectivity index (χ0) is 11.0. The van der Waals surface area contributed by atoms with Crippen LogP contribution in [0.4, 0.5) is 0 Å². The first-order valence-corrected chi connectivity index (χ1v) is 4.53. The lowest BCUT2D eigenvalue weighted by molar-refractivity contribution is 0.0629. The van der Waals surface area contributed by atoms with Crippen molar-refractivity contribution >= 4 is 11.8 Å². The fourth-order valence-electron chi connectivity index (χ4n) is 1.62. The van der Waals surface area contributed by atoms with Crippen molar-refractivity contribution in [3.8, 4) is 6.07 Å². The van der Waals surface area contributed by atoms with Crippen LogP contribution in [0.1, 0.15) is 27.6 Å². The molecule has 1 atom stereocenters. The summed E-state index contributed by atoms with van der Waals surface area (Å²) in [7, 11) is 0. The van der Waals surface area contributed by atoms with E-state index >= 15 is 0 Å². The number of nitriles is 1. The largest absolute Gasteiger partial charge is 0.269 e. The molecule has 0 radical (unpaired) electrons. The molecule has 1 aromatic carbocycles. The van der Waals surface area contributed by atoms with Crippen molar-refractivity contribution in [2.24, 2.45) is 0 Å². The number of hydrogen-bond acceptors (Lipinski definition) is 3. The number of nitrogens with zero attached hydrogens (tertiary/aromatic N) is 2. The molecule has 2 amide bonds. The van der Waals surface area contributed by atoms with E-state index in [0.29, 0.717) is 11.1 Å². The van der Waals surface area contributed by atoms with Gasteiger partial charge in [-0.15, -0.1) is 0 Å². The summed E-state index contributed by atoms with van der Waals surface area (Å²) in [6.45, 7) is 1.53. The number of benzene rings is 1. The van der Waals surface area contributed by atoms with E-state index in [1.165, 1.54) is 6.92 Å². The third-order valence-electron chi connectivity index (χ3n) is 2.40. The van der Waals surface area contributed by atoms with Crippen LogP contribution >= 0.6 is 0 Å². The highest BCUT2D eigenvalue weighted by Gasteiger charge is 2.37. The minimum atomic E-state index is -0.725. The summed E-state index contributed by atoms with van der Waals surface area (Å²) < 4.78 is 0. The predicted molar refractivity (Wildman–Crippen MR) is 52.0 cm³/mol. The molecule has 0 aliphatic carbocycles. The van der Waals surface area contributed by atoms with Gasteiger partial charge in [-0.05, 0) is 19.1 Å². The van der Waals surface area contributed by atoms with Crippen LogP contribution in [0, 0.1) is 11.3 Å². The first-order chi connectivity index (χ1) is 7.16. The first kappa shape index (κ1) is 9.41. The molecule has 2 rings (SSSR count). The van der Waals surface area contributed by atoms with Gasteiger partial charge in [-0.3, -0.25) is 14.5 Å². The Kier molecular flexibility index (Phi) is 2.01. The van der Waals surface area contributed by atoms with Gasteiger partial charge in [-0.25, -0.2) is 0 Å². The van der Waals surface area contributed by atoms with Crippen molar-refractivity contribution in [2.45, 2.75) is 13.0 Å². The Morgan fingerprint density at radius 1 is 1.20 bits per heavy atom. The van der Waals surface area contributed by atoms with Crippen LogP contribution in [0.2, 0.25) is 0 Å². The van der Waals surface area contributed by atoms with Crippen molar-refractivity contribution in [2.75, 3.05) is 0 Å². The van der Waals surface area contributed by atoms with Crippen LogP contribution in [0.5, 0.6) is 0 Å². The van der Waals surface area contributed by atoms with Crippen molar-refractivity contribution in [1.82, 2.24) is 4.90 Å². The average molecular weight is 200 g/mol. The molecule has 74 valence electrons. The standard InChI is InChI=1S/C11H8N2O2/c1-7(6-12)13-10(14)8-4-2-3-5-9(8)11(13)15/h2-5,7H,1H3. The highest BCUT2D eigenvalue weighted by Crippen LogP contribution is 2.23. The van der Waals surface area contributed by atoms with Crippen LogP contribution in [0.15, 0.2) is 24.3 Å². The summed E-state index contributed by atoms with van der Waals surface area (Å²) in [5.41, 5.74) is 0.759. The van der Waals surface area contributed by atoms with Gasteiger partial charge in [0.1, 0.15) is 6.04 Å². The molecule has 0 bridgehead atoms. The summed E-state index contributed by atoms with van der Waals surface area (Å²) in [6.07, 6.45) is 0. The van der Waals surface area contributed by atoms with Gasteiger partial charge in [0.25, 0.3) is 11.8 Å². The average Bonchev–Trinajstić information content (AvgIpc) is 2.52. The quantitative estimate of drug-likeness (QED) is 0.640. The Morgan fingerprint density at radius 3 is 2.07 bits per heavy atom. The Bertz CT molecular complexity index is 453. The van der Waals surface area contributed by atoms with Gasteiger partial charge < -0.3 is 0 Å². The van der Waals surface area contributed by atoms with Gasteiger partial charge in [0.15, 0.2) is 0 Å². The smallest absolute Gasteiger partial charge is 0.262 e. The second-order valence-electron chi connectivity index (χ2n) is 3.33. The second kappa shape index (κ2) is 3.21. The van der Waals surface area contributed by atoms with E-state index in [2.05, 4.69) is 0 Å². The summed E-state index contributed by atoms with van der Waals surface area (Å²) in [6, 6.07) is 7.75. The molecule has 4 nitrogen and oxygen atoms in total. The molecular weight excluding hydrogens is 192 g/mol. The molecule has 0 fully saturated rings. The molecule has 1 aromatic rings. The van der Waals surface area contributed by atoms with Gasteiger partial charge in [-0.1, -0.05) is 12.1 Å². The molecule has 1 heterocycles. The van der Waals surface area contributed by atoms with E-state index in [9.17, 15) is 9.59 Å². The Morgan fingerprint density at radius 2 is 1.67 bits per heavy atom. The lowest BCUT2D eigenvalue weighted by Crippen LogP contribution is -2.36. The van der Waals surface area contributed by atoms with E-state index in [4.69, 9.17) is 5.26 Å². The summed E-state index contributed by atoms with van der Waals surface area (Å²) in [4.78, 5) is 24.5. The molecule has 1 aliphatic heterocycles. The number of imide groups is 1. The van der Waals surface area contributed by atoms with Gasteiger partial charge in [-0.2, -0.15) is 5.26 Å². The molecule has 1 aliphatic rings. The van der Waals surface area contributed by atoms with E-state index in [1.807, 2.05) is 6.07 Å². The SMILES string of the molecule is CC(C#N)N1C(=O)c2ccccc2C1=O. The maximum atomic E-state index is 11.8. The fraction of sp³-hybridized carbons (Fsp3) is 0.182. The summed E-state index contributed by atoms with van der Waals surface area (Å²) >= 11 is 0. The number of fused-ring (bicyclic) bond motifs is 1. The molecule has 4 heteroatoms. The van der Waals surface area contributed by atoms with Crippen LogP contribution in [-0.2, 0) is 0 Å². The minimum Gasteiger partial charge on any atom is -0.269 e. The molecule has 0 saturated carbocycles. The topological polar surface area (TPSA) is 61.2 Å². The molecular formula is C11H8N2O2. The number of rotatable bonds is 1. The van der Waals surface area contributed by atoms with E-state index < -0.39 is 6.04 Å². The summed E-state index contributed by atoms with van der Waals surface area (Å²) in [5.74, 6) is -0.769. The summed E-state index contributed by atoms with van der Waals surface area (Å²) in [5, 5.41) is 8.71. The first-order valence-electron chi connectivity index (χ1n) is 4.53. The van der Waals surface area contributed by atoms with Gasteiger partial charge in [0.05, 0.1) is 17.2 Å². The Hall–Kier alpha value is -2.15. The third-order valence-corrected chi connectivity index (χ3v) is 2.40. The minimum absolute atomic E-state index is 0.379. The molecule has 1 unspecified atom stereocenters. The lowest BCUT2D eigenvalue weighted by Gasteiger charge is -2.15. The zero-order valence-corrected chi connectivity index (χ0v) is 8.10. The van der Waals surface area contributed by atoms with Crippen LogP contribution in [0.3, 0.4) is 0 Å². The number of carbonyl (C=O) groups is 2. The predicted octanol–water partition coefficient (Wildman–Crippen LogP) is 1.19. The Balaban J connectivity index is 2.51. The highest BCUT2D eigenvalue weighted by atomic mass is 16.2. The number of hydrogen-bond donors (Lipinski definition) is 0. The monoisotopic (exact) mass is 200 g/mol. The highest BCUT2D eigenvalue weighted by molar-refractivity contribution is 6.21. The second-order valence-corrected chi connectivity index (χ2v) is 3.33. The van der Waals surface area contributed by atoms with Crippen molar-refractivity contribution < 1.29 is 9.59 Å². The fourth-order valence-corrected chi connectivity index (χ4v) is 1.62. The maximum Gasteiger partial charge on any atom is 0.262 e. The van der Waals surface area contributed by atoms with Crippen molar-refractivity contribution in [3.05, 3.63) is 35.4 Å². The van der Waals surface area contributed by atoms with Crippen molar-refractivity contribution in [1.29, 1.82) is 5.26 Å². The van der Waals surface area contributed by atoms with E-state index in [-0.39, 0.29) is 11.8 Å². The van der Waals surface area contributed by atoms with Crippen LogP contribution < -0.4 is 0 Å². The maximum absolute atomic E-state index is 11.8. The normalized spacial score (nSPS) is 16.1. The Labute approximate surface area is 86.7 Å². The van der Waals surface area contributed by atoms with E-state index in [1.54, 1.807) is 24.3 Å². The third kappa shape index (κ3) is 1.21. The van der Waals surface area contributed by atoms with Gasteiger partial charge >= 0.3 is 0 Å². The number of carbonyl (C=O) groups excluding carboxylic acids is 2. The molecule has 0 spiro atoms. The van der Waals surface area contributed by atoms with Crippen molar-refractivity contribution in [3.63, 3.8) is 0 Å². The van der Waals surface area contributed by atoms with Gasteiger partial charge in [0.2, 0.25) is 0 Å². The molecule has 0 N–H and O–H groups in total. The molecule has 0 aromatic heterocycles. The van der Waals surface area contributed by atoms with Crippen LogP contribution in [0.25, 0.3) is 0 Å². The molecule has 0 saturated heterocycles. The van der Waals surface area contributed by atoms with Gasteiger partial charge in [0, 0.05) is 0 Å².